The topological polar surface area (TPSA) is 79.9 Å². The summed E-state index contributed by atoms with van der Waals surface area (Å²) in [5.41, 5.74) is 3.99. The van der Waals surface area contributed by atoms with Gasteiger partial charge in [0, 0.05) is 43.2 Å². The third-order valence-corrected chi connectivity index (χ3v) is 8.22. The van der Waals surface area contributed by atoms with Crippen molar-refractivity contribution in [2.75, 3.05) is 43.1 Å². The third-order valence-electron chi connectivity index (χ3n) is 8.22. The summed E-state index contributed by atoms with van der Waals surface area (Å²) in [6.45, 7) is 5.80. The van der Waals surface area contributed by atoms with Crippen LogP contribution in [0.1, 0.15) is 71.7 Å². The highest BCUT2D eigenvalue weighted by molar-refractivity contribution is 6.06. The highest BCUT2D eigenvalue weighted by Gasteiger charge is 2.25. The number of carbonyl (C=O) groups is 2. The second kappa shape index (κ2) is 14.9. The summed E-state index contributed by atoms with van der Waals surface area (Å²) in [6, 6.07) is 23.5. The third kappa shape index (κ3) is 8.13. The van der Waals surface area contributed by atoms with E-state index < -0.39 is 0 Å². The summed E-state index contributed by atoms with van der Waals surface area (Å²) in [5, 5.41) is 6.07. The van der Waals surface area contributed by atoms with Crippen molar-refractivity contribution in [3.8, 4) is 5.75 Å². The summed E-state index contributed by atoms with van der Waals surface area (Å²) in [5.74, 6) is 1.01. The molecule has 0 bridgehead atoms. The Bertz CT molecular complexity index is 1300. The Morgan fingerprint density at radius 3 is 2.45 bits per heavy atom. The first-order chi connectivity index (χ1) is 20.6. The first kappa shape index (κ1) is 29.6. The molecule has 0 aliphatic carbocycles. The largest absolute Gasteiger partial charge is 0.494 e. The Balaban J connectivity index is 1.27. The highest BCUT2D eigenvalue weighted by atomic mass is 16.5. The van der Waals surface area contributed by atoms with E-state index in [9.17, 15) is 9.59 Å². The van der Waals surface area contributed by atoms with Gasteiger partial charge in [-0.05, 0) is 92.5 Å². The molecule has 3 aromatic carbocycles. The van der Waals surface area contributed by atoms with Crippen LogP contribution in [0.5, 0.6) is 5.75 Å². The molecule has 1 unspecified atom stereocenters. The molecule has 2 fully saturated rings. The van der Waals surface area contributed by atoms with Crippen LogP contribution in [-0.2, 0) is 11.2 Å². The van der Waals surface area contributed by atoms with Crippen molar-refractivity contribution in [3.05, 3.63) is 89.5 Å². The lowest BCUT2D eigenvalue weighted by Crippen LogP contribution is -2.37. The molecule has 0 radical (unpaired) electrons. The van der Waals surface area contributed by atoms with E-state index >= 15 is 0 Å². The van der Waals surface area contributed by atoms with Gasteiger partial charge in [0.2, 0.25) is 0 Å². The minimum atomic E-state index is -0.227. The van der Waals surface area contributed by atoms with Crippen LogP contribution in [-0.4, -0.2) is 50.8 Å². The second-order valence-corrected chi connectivity index (χ2v) is 11.4. The van der Waals surface area contributed by atoms with Crippen LogP contribution >= 0.6 is 0 Å². The predicted octanol–water partition coefficient (Wildman–Crippen LogP) is 6.49. The van der Waals surface area contributed by atoms with E-state index in [1.165, 1.54) is 5.56 Å². The first-order valence-corrected chi connectivity index (χ1v) is 15.5. The van der Waals surface area contributed by atoms with Crippen LogP contribution < -0.4 is 20.3 Å². The van der Waals surface area contributed by atoms with Gasteiger partial charge in [0.1, 0.15) is 5.75 Å². The van der Waals surface area contributed by atoms with Crippen LogP contribution in [0.25, 0.3) is 0 Å². The molecule has 222 valence electrons. The van der Waals surface area contributed by atoms with Crippen LogP contribution in [0, 0.1) is 5.92 Å². The Kier molecular flexibility index (Phi) is 10.5. The molecule has 2 aliphatic heterocycles. The fourth-order valence-electron chi connectivity index (χ4n) is 5.74. The maximum Gasteiger partial charge on any atom is 0.255 e. The van der Waals surface area contributed by atoms with Crippen molar-refractivity contribution in [2.24, 2.45) is 5.92 Å². The molecule has 3 aromatic rings. The maximum absolute atomic E-state index is 13.5. The summed E-state index contributed by atoms with van der Waals surface area (Å²) in [4.78, 5) is 28.9. The Labute approximate surface area is 249 Å². The van der Waals surface area contributed by atoms with Crippen LogP contribution in [0.15, 0.2) is 72.8 Å². The van der Waals surface area contributed by atoms with Crippen molar-refractivity contribution in [1.82, 2.24) is 5.32 Å². The number of unbranched alkanes of at least 4 members (excludes halogenated alkanes) is 1. The molecule has 0 saturated carbocycles. The number of anilines is 2. The molecular formula is C35H43N3O4. The quantitative estimate of drug-likeness (QED) is 0.244. The minimum absolute atomic E-state index is 0.0583. The number of carbonyl (C=O) groups excluding carboxylic acids is 2. The molecule has 2 aliphatic rings. The number of rotatable bonds is 12. The number of piperidine rings is 1. The van der Waals surface area contributed by atoms with Crippen molar-refractivity contribution >= 4 is 23.2 Å². The lowest BCUT2D eigenvalue weighted by Gasteiger charge is -2.35. The summed E-state index contributed by atoms with van der Waals surface area (Å²) < 4.78 is 11.4. The van der Waals surface area contributed by atoms with Gasteiger partial charge < -0.3 is 25.0 Å². The molecule has 1 atom stereocenters. The van der Waals surface area contributed by atoms with Gasteiger partial charge in [0.05, 0.1) is 18.3 Å². The smallest absolute Gasteiger partial charge is 0.255 e. The van der Waals surface area contributed by atoms with Crippen LogP contribution in [0.3, 0.4) is 0 Å². The van der Waals surface area contributed by atoms with E-state index in [1.807, 2.05) is 24.3 Å². The molecule has 0 spiro atoms. The molecule has 42 heavy (non-hydrogen) atoms. The fourth-order valence-corrected chi connectivity index (χ4v) is 5.74. The number of ether oxygens (including phenoxy) is 2. The molecule has 2 heterocycles. The van der Waals surface area contributed by atoms with E-state index in [2.05, 4.69) is 52.8 Å². The molecule has 5 rings (SSSR count). The molecule has 2 N–H and O–H groups in total. The zero-order chi connectivity index (χ0) is 29.1. The number of nitrogens with one attached hydrogen (secondary N) is 2. The number of amides is 2. The number of hydrogen-bond acceptors (Lipinski definition) is 5. The summed E-state index contributed by atoms with van der Waals surface area (Å²) in [6.07, 6.45) is 7.33. The van der Waals surface area contributed by atoms with E-state index in [1.54, 1.807) is 18.2 Å². The monoisotopic (exact) mass is 569 g/mol. The van der Waals surface area contributed by atoms with Gasteiger partial charge in [-0.15, -0.1) is 0 Å². The molecule has 0 aromatic heterocycles. The molecule has 2 amide bonds. The van der Waals surface area contributed by atoms with Crippen molar-refractivity contribution in [3.63, 3.8) is 0 Å². The van der Waals surface area contributed by atoms with Gasteiger partial charge in [0.25, 0.3) is 11.8 Å². The van der Waals surface area contributed by atoms with E-state index in [4.69, 9.17) is 9.47 Å². The Hall–Kier alpha value is -3.84. The minimum Gasteiger partial charge on any atom is -0.494 e. The summed E-state index contributed by atoms with van der Waals surface area (Å²) >= 11 is 0. The first-order valence-electron chi connectivity index (χ1n) is 15.5. The number of benzene rings is 3. The zero-order valence-electron chi connectivity index (χ0n) is 24.6. The fraction of sp³-hybridized carbons (Fsp3) is 0.429. The van der Waals surface area contributed by atoms with Crippen LogP contribution in [0.4, 0.5) is 11.4 Å². The normalized spacial score (nSPS) is 17.2. The predicted molar refractivity (Wildman–Crippen MR) is 168 cm³/mol. The van der Waals surface area contributed by atoms with Gasteiger partial charge in [-0.2, -0.15) is 0 Å². The Morgan fingerprint density at radius 1 is 0.952 bits per heavy atom. The second-order valence-electron chi connectivity index (χ2n) is 11.4. The number of nitrogens with zero attached hydrogens (tertiary/aromatic N) is 1. The average molecular weight is 570 g/mol. The molecule has 7 nitrogen and oxygen atoms in total. The standard InChI is InChI=1S/C35H43N3O4/c1-2-3-21-41-30-14-11-28(12-15-30)34(39)37-29-13-16-33(32(24-29)35(40)36-25-31-10-7-22-42-31)38-19-17-27(18-20-38)23-26-8-5-4-6-9-26/h4-6,8-9,11-16,24,27,31H,2-3,7,10,17-23,25H2,1H3,(H,36,40)(H,37,39). The van der Waals surface area contributed by atoms with Gasteiger partial charge in [0.15, 0.2) is 0 Å². The molecular weight excluding hydrogens is 526 g/mol. The van der Waals surface area contributed by atoms with Crippen molar-refractivity contribution in [1.29, 1.82) is 0 Å². The lowest BCUT2D eigenvalue weighted by atomic mass is 9.89. The van der Waals surface area contributed by atoms with Gasteiger partial charge >= 0.3 is 0 Å². The Morgan fingerprint density at radius 2 is 1.74 bits per heavy atom. The van der Waals surface area contributed by atoms with E-state index in [-0.39, 0.29) is 17.9 Å². The van der Waals surface area contributed by atoms with Crippen LogP contribution in [0.2, 0.25) is 0 Å². The van der Waals surface area contributed by atoms with E-state index in [0.717, 1.165) is 76.1 Å². The van der Waals surface area contributed by atoms with Crippen molar-refractivity contribution < 1.29 is 19.1 Å². The SMILES string of the molecule is CCCCOc1ccc(C(=O)Nc2ccc(N3CCC(Cc4ccccc4)CC3)c(C(=O)NCC3CCCO3)c2)cc1. The van der Waals surface area contributed by atoms with Gasteiger partial charge in [-0.1, -0.05) is 43.7 Å². The summed E-state index contributed by atoms with van der Waals surface area (Å²) in [7, 11) is 0. The lowest BCUT2D eigenvalue weighted by molar-refractivity contribution is 0.0858. The maximum atomic E-state index is 13.5. The van der Waals surface area contributed by atoms with Gasteiger partial charge in [-0.3, -0.25) is 9.59 Å². The zero-order valence-corrected chi connectivity index (χ0v) is 24.6. The molecule has 7 heteroatoms. The van der Waals surface area contributed by atoms with Gasteiger partial charge in [-0.25, -0.2) is 0 Å². The van der Waals surface area contributed by atoms with E-state index in [0.29, 0.717) is 35.9 Å². The molecule has 2 saturated heterocycles. The van der Waals surface area contributed by atoms with Crippen molar-refractivity contribution in [2.45, 2.75) is 58.0 Å². The average Bonchev–Trinajstić information content (AvgIpc) is 3.55. The highest BCUT2D eigenvalue weighted by Crippen LogP contribution is 2.30. The number of hydrogen-bond donors (Lipinski definition) is 2.